The van der Waals surface area contributed by atoms with E-state index in [1.807, 2.05) is 18.2 Å². The van der Waals surface area contributed by atoms with E-state index in [2.05, 4.69) is 11.9 Å². The van der Waals surface area contributed by atoms with Crippen LogP contribution < -0.4 is 0 Å². The van der Waals surface area contributed by atoms with Crippen molar-refractivity contribution in [3.05, 3.63) is 30.1 Å². The van der Waals surface area contributed by atoms with Gasteiger partial charge in [0.2, 0.25) is 0 Å². The van der Waals surface area contributed by atoms with Crippen LogP contribution in [0.4, 0.5) is 0 Å². The average molecular weight is 193 g/mol. The van der Waals surface area contributed by atoms with Crippen molar-refractivity contribution < 1.29 is 9.47 Å². The molecule has 1 unspecified atom stereocenters. The smallest absolute Gasteiger partial charge is 0.112 e. The maximum absolute atomic E-state index is 5.50. The van der Waals surface area contributed by atoms with Gasteiger partial charge in [-0.25, -0.2) is 0 Å². The Balaban J connectivity index is 1.63. The Morgan fingerprint density at radius 2 is 2.43 bits per heavy atom. The molecule has 0 bridgehead atoms. The van der Waals surface area contributed by atoms with E-state index in [-0.39, 0.29) is 5.60 Å². The molecule has 1 atom stereocenters. The first kappa shape index (κ1) is 9.62. The van der Waals surface area contributed by atoms with E-state index in [4.69, 9.17) is 9.47 Å². The second kappa shape index (κ2) is 4.07. The van der Waals surface area contributed by atoms with E-state index in [0.29, 0.717) is 6.61 Å². The summed E-state index contributed by atoms with van der Waals surface area (Å²) in [4.78, 5) is 4.22. The normalized spacial score (nSPS) is 24.9. The van der Waals surface area contributed by atoms with Gasteiger partial charge < -0.3 is 9.47 Å². The summed E-state index contributed by atoms with van der Waals surface area (Å²) in [5.41, 5.74) is 1.08. The van der Waals surface area contributed by atoms with Gasteiger partial charge in [0, 0.05) is 18.3 Å². The van der Waals surface area contributed by atoms with Crippen molar-refractivity contribution in [3.63, 3.8) is 0 Å². The molecular weight excluding hydrogens is 178 g/mol. The van der Waals surface area contributed by atoms with Crippen LogP contribution >= 0.6 is 0 Å². The first-order valence-electron chi connectivity index (χ1n) is 4.90. The molecular formula is C11H15NO2. The van der Waals surface area contributed by atoms with Gasteiger partial charge in [-0.15, -0.1) is 0 Å². The van der Waals surface area contributed by atoms with Crippen LogP contribution in [0, 0.1) is 0 Å². The molecule has 0 aromatic carbocycles. The molecule has 1 aromatic heterocycles. The highest BCUT2D eigenvalue weighted by Crippen LogP contribution is 2.25. The number of hydrogen-bond donors (Lipinski definition) is 0. The zero-order valence-corrected chi connectivity index (χ0v) is 8.40. The van der Waals surface area contributed by atoms with Crippen LogP contribution in [0.15, 0.2) is 24.4 Å². The molecule has 0 N–H and O–H groups in total. The number of pyridine rings is 1. The lowest BCUT2D eigenvalue weighted by Gasteiger charge is -2.06. The van der Waals surface area contributed by atoms with E-state index >= 15 is 0 Å². The maximum Gasteiger partial charge on any atom is 0.112 e. The molecule has 0 radical (unpaired) electrons. The zero-order valence-electron chi connectivity index (χ0n) is 8.40. The molecule has 1 aliphatic rings. The van der Waals surface area contributed by atoms with E-state index in [0.717, 1.165) is 25.3 Å². The van der Waals surface area contributed by atoms with E-state index in [9.17, 15) is 0 Å². The highest BCUT2D eigenvalue weighted by molar-refractivity contribution is 5.03. The molecule has 0 amide bonds. The third-order valence-electron chi connectivity index (χ3n) is 2.27. The van der Waals surface area contributed by atoms with Crippen LogP contribution in [0.25, 0.3) is 0 Å². The van der Waals surface area contributed by atoms with Crippen molar-refractivity contribution in [3.8, 4) is 0 Å². The number of aromatic nitrogens is 1. The molecule has 0 aliphatic carbocycles. The summed E-state index contributed by atoms with van der Waals surface area (Å²) in [6.45, 7) is 4.31. The minimum atomic E-state index is 0.00408. The van der Waals surface area contributed by atoms with E-state index in [1.54, 1.807) is 6.20 Å². The molecule has 3 heteroatoms. The lowest BCUT2D eigenvalue weighted by atomic mass is 10.2. The quantitative estimate of drug-likeness (QED) is 0.524. The second-order valence-corrected chi connectivity index (χ2v) is 3.86. The van der Waals surface area contributed by atoms with Crippen molar-refractivity contribution in [2.45, 2.75) is 18.9 Å². The highest BCUT2D eigenvalue weighted by atomic mass is 16.6. The van der Waals surface area contributed by atoms with Crippen LogP contribution in [0.1, 0.15) is 12.6 Å². The highest BCUT2D eigenvalue weighted by Gasteiger charge is 2.39. The van der Waals surface area contributed by atoms with Crippen molar-refractivity contribution in [1.29, 1.82) is 0 Å². The minimum absolute atomic E-state index is 0.00408. The number of rotatable bonds is 5. The Kier molecular flexibility index (Phi) is 2.79. The Morgan fingerprint density at radius 1 is 1.57 bits per heavy atom. The van der Waals surface area contributed by atoms with Gasteiger partial charge in [-0.2, -0.15) is 0 Å². The summed E-state index contributed by atoms with van der Waals surface area (Å²) >= 11 is 0. The largest absolute Gasteiger partial charge is 0.378 e. The summed E-state index contributed by atoms with van der Waals surface area (Å²) < 4.78 is 10.7. The molecule has 1 aliphatic heterocycles. The van der Waals surface area contributed by atoms with Gasteiger partial charge in [0.05, 0.1) is 19.8 Å². The van der Waals surface area contributed by atoms with Crippen LogP contribution in [0.2, 0.25) is 0 Å². The van der Waals surface area contributed by atoms with Gasteiger partial charge in [0.15, 0.2) is 0 Å². The molecule has 2 rings (SSSR count). The van der Waals surface area contributed by atoms with Crippen LogP contribution in [-0.4, -0.2) is 30.4 Å². The summed E-state index contributed by atoms with van der Waals surface area (Å²) in [6.07, 6.45) is 2.68. The zero-order chi connectivity index (χ0) is 9.86. The monoisotopic (exact) mass is 193 g/mol. The first-order chi connectivity index (χ1) is 6.79. The molecule has 76 valence electrons. The van der Waals surface area contributed by atoms with Crippen molar-refractivity contribution in [2.24, 2.45) is 0 Å². The predicted octanol–water partition coefficient (Wildman–Crippen LogP) is 1.43. The standard InChI is InChI=1S/C11H15NO2/c1-11(9-14-11)8-13-7-5-10-4-2-3-6-12-10/h2-4,6H,5,7-9H2,1H3. The summed E-state index contributed by atoms with van der Waals surface area (Å²) in [5.74, 6) is 0. The molecule has 14 heavy (non-hydrogen) atoms. The van der Waals surface area contributed by atoms with E-state index < -0.39 is 0 Å². The summed E-state index contributed by atoms with van der Waals surface area (Å²) in [7, 11) is 0. The Morgan fingerprint density at radius 3 is 3.07 bits per heavy atom. The molecule has 0 saturated carbocycles. The number of hydrogen-bond acceptors (Lipinski definition) is 3. The van der Waals surface area contributed by atoms with Crippen LogP contribution in [0.5, 0.6) is 0 Å². The van der Waals surface area contributed by atoms with Gasteiger partial charge in [-0.05, 0) is 19.1 Å². The topological polar surface area (TPSA) is 34.6 Å². The lowest BCUT2D eigenvalue weighted by Crippen LogP contribution is -2.15. The van der Waals surface area contributed by atoms with E-state index in [1.165, 1.54) is 0 Å². The van der Waals surface area contributed by atoms with Gasteiger partial charge in [-0.3, -0.25) is 4.98 Å². The molecule has 1 saturated heterocycles. The Bertz CT molecular complexity index is 283. The minimum Gasteiger partial charge on any atom is -0.378 e. The third kappa shape index (κ3) is 2.79. The Hall–Kier alpha value is -0.930. The fourth-order valence-corrected chi connectivity index (χ4v) is 1.22. The number of ether oxygens (including phenoxy) is 2. The summed E-state index contributed by atoms with van der Waals surface area (Å²) in [6, 6.07) is 5.93. The fraction of sp³-hybridized carbons (Fsp3) is 0.545. The molecule has 1 fully saturated rings. The van der Waals surface area contributed by atoms with Crippen LogP contribution in [-0.2, 0) is 15.9 Å². The molecule has 2 heterocycles. The van der Waals surface area contributed by atoms with Gasteiger partial charge in [0.1, 0.15) is 5.60 Å². The molecule has 3 nitrogen and oxygen atoms in total. The second-order valence-electron chi connectivity index (χ2n) is 3.86. The van der Waals surface area contributed by atoms with Crippen molar-refractivity contribution in [1.82, 2.24) is 4.98 Å². The van der Waals surface area contributed by atoms with Gasteiger partial charge in [0.25, 0.3) is 0 Å². The third-order valence-corrected chi connectivity index (χ3v) is 2.27. The van der Waals surface area contributed by atoms with Crippen molar-refractivity contribution in [2.75, 3.05) is 19.8 Å². The predicted molar refractivity (Wildman–Crippen MR) is 53.1 cm³/mol. The lowest BCUT2D eigenvalue weighted by molar-refractivity contribution is 0.0871. The average Bonchev–Trinajstić information content (AvgIpc) is 2.94. The SMILES string of the molecule is CC1(COCCc2ccccn2)CO1. The van der Waals surface area contributed by atoms with Gasteiger partial charge >= 0.3 is 0 Å². The van der Waals surface area contributed by atoms with Crippen molar-refractivity contribution >= 4 is 0 Å². The maximum atomic E-state index is 5.50. The molecule has 1 aromatic rings. The molecule has 0 spiro atoms. The number of epoxide rings is 1. The summed E-state index contributed by atoms with van der Waals surface area (Å²) in [5, 5.41) is 0. The fourth-order valence-electron chi connectivity index (χ4n) is 1.22. The first-order valence-corrected chi connectivity index (χ1v) is 4.90. The number of nitrogens with zero attached hydrogens (tertiary/aromatic N) is 1. The van der Waals surface area contributed by atoms with Crippen LogP contribution in [0.3, 0.4) is 0 Å². The Labute approximate surface area is 84.1 Å². The van der Waals surface area contributed by atoms with Gasteiger partial charge in [-0.1, -0.05) is 6.07 Å².